The molecular weight excluding hydrogens is 403 g/mol. The van der Waals surface area contributed by atoms with E-state index >= 15 is 0 Å². The summed E-state index contributed by atoms with van der Waals surface area (Å²) in [5.41, 5.74) is 2.26. The molecule has 7 heteroatoms. The van der Waals surface area contributed by atoms with Gasteiger partial charge in [0.15, 0.2) is 0 Å². The molecule has 0 aromatic heterocycles. The molecule has 3 aromatic rings. The summed E-state index contributed by atoms with van der Waals surface area (Å²) < 4.78 is 41.3. The second kappa shape index (κ2) is 7.91. The third-order valence-corrected chi connectivity index (χ3v) is 7.05. The van der Waals surface area contributed by atoms with Crippen molar-refractivity contribution in [3.05, 3.63) is 84.2 Å². The smallest absolute Gasteiger partial charge is 0.265 e. The zero-order valence-corrected chi connectivity index (χ0v) is 17.2. The number of rotatable bonds is 5. The monoisotopic (exact) mass is 424 g/mol. The summed E-state index contributed by atoms with van der Waals surface area (Å²) in [6.45, 7) is 1.99. The van der Waals surface area contributed by atoms with Crippen LogP contribution < -0.4 is 9.62 Å². The number of carbonyl (C=O) groups excluding carboxylic acids is 1. The molecule has 1 aliphatic heterocycles. The molecule has 5 nitrogen and oxygen atoms in total. The Labute approximate surface area is 175 Å². The number of fused-ring (bicyclic) bond motifs is 3. The van der Waals surface area contributed by atoms with Crippen molar-refractivity contribution in [3.63, 3.8) is 0 Å². The van der Waals surface area contributed by atoms with Crippen LogP contribution >= 0.6 is 0 Å². The van der Waals surface area contributed by atoms with E-state index in [2.05, 4.69) is 5.32 Å². The van der Waals surface area contributed by atoms with Gasteiger partial charge < -0.3 is 5.32 Å². The molecule has 0 fully saturated rings. The average Bonchev–Trinajstić information content (AvgIpc) is 2.76. The molecule has 1 unspecified atom stereocenters. The summed E-state index contributed by atoms with van der Waals surface area (Å²) in [4.78, 5) is 12.7. The topological polar surface area (TPSA) is 66.5 Å². The lowest BCUT2D eigenvalue weighted by molar-refractivity contribution is -0.119. The van der Waals surface area contributed by atoms with Gasteiger partial charge in [-0.3, -0.25) is 9.10 Å². The Morgan fingerprint density at radius 2 is 1.70 bits per heavy atom. The molecule has 1 atom stereocenters. The molecule has 0 saturated carbocycles. The first-order chi connectivity index (χ1) is 14.4. The van der Waals surface area contributed by atoms with Gasteiger partial charge in [-0.1, -0.05) is 55.5 Å². The fourth-order valence-electron chi connectivity index (χ4n) is 3.63. The number of benzene rings is 3. The van der Waals surface area contributed by atoms with Crippen LogP contribution in [0.5, 0.6) is 0 Å². The van der Waals surface area contributed by atoms with Crippen molar-refractivity contribution in [2.45, 2.75) is 17.7 Å². The van der Waals surface area contributed by atoms with Crippen LogP contribution in [0.25, 0.3) is 11.1 Å². The Morgan fingerprint density at radius 3 is 2.47 bits per heavy atom. The van der Waals surface area contributed by atoms with Crippen LogP contribution in [-0.2, 0) is 14.8 Å². The molecular formula is C23H21FN2O3S. The predicted octanol–water partition coefficient (Wildman–Crippen LogP) is 3.92. The number of halogens is 1. The number of nitrogens with zero attached hydrogens (tertiary/aromatic N) is 1. The van der Waals surface area contributed by atoms with Gasteiger partial charge in [-0.15, -0.1) is 0 Å². The minimum atomic E-state index is -3.94. The number of nitrogens with one attached hydrogen (secondary N) is 1. The lowest BCUT2D eigenvalue weighted by Gasteiger charge is -2.31. The van der Waals surface area contributed by atoms with Crippen LogP contribution in [0, 0.1) is 5.82 Å². The van der Waals surface area contributed by atoms with E-state index in [-0.39, 0.29) is 17.4 Å². The first-order valence-corrected chi connectivity index (χ1v) is 11.1. The van der Waals surface area contributed by atoms with Crippen LogP contribution in [-0.4, -0.2) is 27.4 Å². The van der Waals surface area contributed by atoms with Crippen molar-refractivity contribution >= 4 is 21.6 Å². The fraction of sp³-hybridized carbons (Fsp3) is 0.174. The Balaban J connectivity index is 1.59. The van der Waals surface area contributed by atoms with E-state index in [1.165, 1.54) is 24.3 Å². The first-order valence-electron chi connectivity index (χ1n) is 9.61. The second-order valence-corrected chi connectivity index (χ2v) is 9.12. The van der Waals surface area contributed by atoms with Crippen molar-refractivity contribution < 1.29 is 17.6 Å². The molecule has 1 aliphatic rings. The molecule has 4 rings (SSSR count). The van der Waals surface area contributed by atoms with Crippen molar-refractivity contribution in [1.82, 2.24) is 5.32 Å². The molecule has 1 N–H and O–H groups in total. The zero-order chi connectivity index (χ0) is 21.3. The van der Waals surface area contributed by atoms with Crippen LogP contribution in [0.2, 0.25) is 0 Å². The number of hydrogen-bond acceptors (Lipinski definition) is 3. The number of anilines is 1. The second-order valence-electron chi connectivity index (χ2n) is 7.29. The van der Waals surface area contributed by atoms with E-state index in [0.29, 0.717) is 23.4 Å². The van der Waals surface area contributed by atoms with E-state index < -0.39 is 21.7 Å². The number of sulfonamides is 1. The third kappa shape index (κ3) is 3.68. The third-order valence-electron chi connectivity index (χ3n) is 5.23. The number of hydrogen-bond donors (Lipinski definition) is 1. The van der Waals surface area contributed by atoms with Crippen molar-refractivity contribution in [2.24, 2.45) is 0 Å². The minimum absolute atomic E-state index is 0.0635. The molecule has 3 aromatic carbocycles. The Morgan fingerprint density at radius 1 is 1.00 bits per heavy atom. The minimum Gasteiger partial charge on any atom is -0.354 e. The Kier molecular flexibility index (Phi) is 5.30. The van der Waals surface area contributed by atoms with Gasteiger partial charge in [0.05, 0.1) is 10.6 Å². The first kappa shape index (κ1) is 20.1. The summed E-state index contributed by atoms with van der Waals surface area (Å²) in [7, 11) is -3.94. The van der Waals surface area contributed by atoms with Gasteiger partial charge in [0.25, 0.3) is 10.0 Å². The Hall–Kier alpha value is -3.19. The normalized spacial score (nSPS) is 15.1. The molecule has 0 spiro atoms. The highest BCUT2D eigenvalue weighted by molar-refractivity contribution is 7.93. The predicted molar refractivity (Wildman–Crippen MR) is 114 cm³/mol. The summed E-state index contributed by atoms with van der Waals surface area (Å²) in [5, 5.41) is 2.81. The van der Waals surface area contributed by atoms with Crippen LogP contribution in [0.15, 0.2) is 77.7 Å². The van der Waals surface area contributed by atoms with Crippen LogP contribution in [0.3, 0.4) is 0 Å². The molecule has 0 bridgehead atoms. The molecule has 1 amide bonds. The molecule has 0 saturated heterocycles. The molecule has 0 aliphatic carbocycles. The highest BCUT2D eigenvalue weighted by Gasteiger charge is 2.36. The SMILES string of the molecule is CC(CNC(=O)CN1c2ccc(F)cc2-c2ccccc2S1(=O)=O)c1ccccc1. The summed E-state index contributed by atoms with van der Waals surface area (Å²) in [6.07, 6.45) is 0. The summed E-state index contributed by atoms with van der Waals surface area (Å²) >= 11 is 0. The largest absolute Gasteiger partial charge is 0.354 e. The maximum Gasteiger partial charge on any atom is 0.265 e. The van der Waals surface area contributed by atoms with Gasteiger partial charge >= 0.3 is 0 Å². The van der Waals surface area contributed by atoms with Gasteiger partial charge in [0.2, 0.25) is 5.91 Å². The van der Waals surface area contributed by atoms with E-state index in [4.69, 9.17) is 0 Å². The van der Waals surface area contributed by atoms with Crippen molar-refractivity contribution in [2.75, 3.05) is 17.4 Å². The fourth-order valence-corrected chi connectivity index (χ4v) is 5.28. The van der Waals surface area contributed by atoms with Gasteiger partial charge in [-0.05, 0) is 35.7 Å². The van der Waals surface area contributed by atoms with Crippen LogP contribution in [0.1, 0.15) is 18.4 Å². The Bertz CT molecular complexity index is 1200. The van der Waals surface area contributed by atoms with Gasteiger partial charge in [-0.2, -0.15) is 0 Å². The van der Waals surface area contributed by atoms with E-state index in [0.717, 1.165) is 9.87 Å². The lowest BCUT2D eigenvalue weighted by atomic mass is 10.0. The number of carbonyl (C=O) groups is 1. The summed E-state index contributed by atoms with van der Waals surface area (Å²) in [5.74, 6) is -0.810. The molecule has 30 heavy (non-hydrogen) atoms. The highest BCUT2D eigenvalue weighted by atomic mass is 32.2. The lowest BCUT2D eigenvalue weighted by Crippen LogP contribution is -2.43. The zero-order valence-electron chi connectivity index (χ0n) is 16.4. The highest BCUT2D eigenvalue weighted by Crippen LogP contribution is 2.42. The van der Waals surface area contributed by atoms with E-state index in [1.54, 1.807) is 18.2 Å². The average molecular weight is 424 g/mol. The van der Waals surface area contributed by atoms with Crippen molar-refractivity contribution in [3.8, 4) is 11.1 Å². The summed E-state index contributed by atoms with van der Waals surface area (Å²) in [6, 6.07) is 20.1. The molecule has 0 radical (unpaired) electrons. The maximum atomic E-state index is 13.9. The van der Waals surface area contributed by atoms with Crippen molar-refractivity contribution in [1.29, 1.82) is 0 Å². The van der Waals surface area contributed by atoms with Gasteiger partial charge in [0, 0.05) is 17.7 Å². The molecule has 1 heterocycles. The van der Waals surface area contributed by atoms with Crippen LogP contribution in [0.4, 0.5) is 10.1 Å². The number of amides is 1. The quantitative estimate of drug-likeness (QED) is 0.675. The van der Waals surface area contributed by atoms with E-state index in [1.807, 2.05) is 37.3 Å². The van der Waals surface area contributed by atoms with E-state index in [9.17, 15) is 17.6 Å². The molecule has 154 valence electrons. The maximum absolute atomic E-state index is 13.9. The van der Waals surface area contributed by atoms with Gasteiger partial charge in [-0.25, -0.2) is 12.8 Å². The standard InChI is InChI=1S/C23H21FN2O3S/c1-16(17-7-3-2-4-8-17)14-25-23(27)15-26-21-12-11-18(24)13-20(21)19-9-5-6-10-22(19)30(26,28)29/h2-13,16H,14-15H2,1H3,(H,25,27). The van der Waals surface area contributed by atoms with Gasteiger partial charge in [0.1, 0.15) is 12.4 Å².